The second-order valence-electron chi connectivity index (χ2n) is 3.71. The zero-order chi connectivity index (χ0) is 14.5. The van der Waals surface area contributed by atoms with Gasteiger partial charge in [-0.1, -0.05) is 19.8 Å². The lowest BCUT2D eigenvalue weighted by atomic mass is 10.1. The van der Waals surface area contributed by atoms with Gasteiger partial charge in [0.1, 0.15) is 12.9 Å². The van der Waals surface area contributed by atoms with Crippen molar-refractivity contribution in [1.82, 2.24) is 0 Å². The second kappa shape index (κ2) is 12.9. The Hall–Kier alpha value is -0.120. The second-order valence-corrected chi connectivity index (χ2v) is 6.96. The average Bonchev–Trinajstić information content (AvgIpc) is 2.39. The van der Waals surface area contributed by atoms with Gasteiger partial charge in [0.15, 0.2) is 0 Å². The van der Waals surface area contributed by atoms with E-state index < -0.39 is 12.2 Å². The molecule has 0 rings (SSSR count). The largest absolute Gasteiger partial charge is 0.390 e. The molecular formula is C14H24O3S2. The molecule has 0 amide bonds. The number of aliphatic hydroxyl groups is 1. The number of hydrogen-bond donors (Lipinski definition) is 1. The lowest BCUT2D eigenvalue weighted by molar-refractivity contribution is -0.0935. The van der Waals surface area contributed by atoms with Gasteiger partial charge in [-0.25, -0.2) is 0 Å². The summed E-state index contributed by atoms with van der Waals surface area (Å²) in [6, 6.07) is 0. The van der Waals surface area contributed by atoms with E-state index in [2.05, 4.69) is 19.8 Å². The number of ether oxygens (including phenoxy) is 2. The van der Waals surface area contributed by atoms with Crippen LogP contribution in [0.3, 0.4) is 0 Å². The minimum Gasteiger partial charge on any atom is -0.390 e. The summed E-state index contributed by atoms with van der Waals surface area (Å²) >= 11 is 3.69. The van der Waals surface area contributed by atoms with Gasteiger partial charge in [-0.2, -0.15) is 0 Å². The number of methoxy groups -OCH3 is 1. The lowest BCUT2D eigenvalue weighted by Crippen LogP contribution is -2.30. The van der Waals surface area contributed by atoms with E-state index in [1.165, 1.54) is 0 Å². The Kier molecular flexibility index (Phi) is 12.8. The van der Waals surface area contributed by atoms with Crippen molar-refractivity contribution in [3.8, 4) is 12.3 Å². The number of rotatable bonds is 11. The summed E-state index contributed by atoms with van der Waals surface area (Å²) < 4.78 is 10.7. The SMILES string of the molecule is C#C/C=C\[C@H](OCOC)[C@@H](O)CC(SCC)SCC. The Morgan fingerprint density at radius 2 is 1.95 bits per heavy atom. The molecule has 0 aliphatic carbocycles. The molecule has 0 bridgehead atoms. The maximum Gasteiger partial charge on any atom is 0.147 e. The first kappa shape index (κ1) is 18.9. The summed E-state index contributed by atoms with van der Waals surface area (Å²) in [6.07, 6.45) is 8.11. The number of aliphatic hydroxyl groups excluding tert-OH is 1. The van der Waals surface area contributed by atoms with Crippen LogP contribution < -0.4 is 0 Å². The zero-order valence-corrected chi connectivity index (χ0v) is 13.5. The van der Waals surface area contributed by atoms with Crippen molar-refractivity contribution in [3.05, 3.63) is 12.2 Å². The van der Waals surface area contributed by atoms with E-state index in [-0.39, 0.29) is 6.79 Å². The molecule has 0 spiro atoms. The molecule has 0 heterocycles. The third kappa shape index (κ3) is 9.42. The van der Waals surface area contributed by atoms with Crippen LogP contribution in [0.4, 0.5) is 0 Å². The average molecular weight is 304 g/mol. The summed E-state index contributed by atoms with van der Waals surface area (Å²) in [5.74, 6) is 4.48. The van der Waals surface area contributed by atoms with Gasteiger partial charge in [-0.15, -0.1) is 29.9 Å². The fourth-order valence-electron chi connectivity index (χ4n) is 1.48. The van der Waals surface area contributed by atoms with Crippen molar-refractivity contribution >= 4 is 23.5 Å². The molecule has 0 aromatic rings. The highest BCUT2D eigenvalue weighted by Gasteiger charge is 2.22. The van der Waals surface area contributed by atoms with Crippen LogP contribution in [-0.4, -0.2) is 47.3 Å². The van der Waals surface area contributed by atoms with Gasteiger partial charge in [0.05, 0.1) is 10.7 Å². The molecule has 5 heteroatoms. The minimum absolute atomic E-state index is 0.142. The Morgan fingerprint density at radius 1 is 1.32 bits per heavy atom. The first-order valence-corrected chi connectivity index (χ1v) is 8.43. The normalized spacial score (nSPS) is 14.7. The van der Waals surface area contributed by atoms with E-state index in [9.17, 15) is 5.11 Å². The van der Waals surface area contributed by atoms with Crippen molar-refractivity contribution in [2.75, 3.05) is 25.4 Å². The molecule has 0 aromatic heterocycles. The van der Waals surface area contributed by atoms with Crippen LogP contribution in [-0.2, 0) is 9.47 Å². The van der Waals surface area contributed by atoms with Gasteiger partial charge in [-0.3, -0.25) is 0 Å². The summed E-state index contributed by atoms with van der Waals surface area (Å²) in [5, 5.41) is 10.3. The Balaban J connectivity index is 4.45. The summed E-state index contributed by atoms with van der Waals surface area (Å²) in [7, 11) is 1.55. The zero-order valence-electron chi connectivity index (χ0n) is 11.9. The Morgan fingerprint density at radius 3 is 2.42 bits per heavy atom. The van der Waals surface area contributed by atoms with Crippen LogP contribution in [0.15, 0.2) is 12.2 Å². The molecule has 1 N–H and O–H groups in total. The molecule has 2 atom stereocenters. The van der Waals surface area contributed by atoms with Crippen LogP contribution >= 0.6 is 23.5 Å². The van der Waals surface area contributed by atoms with Gasteiger partial charge >= 0.3 is 0 Å². The fourth-order valence-corrected chi connectivity index (χ4v) is 4.09. The smallest absolute Gasteiger partial charge is 0.147 e. The third-order valence-corrected chi connectivity index (χ3v) is 4.89. The Bertz CT molecular complexity index is 270. The van der Waals surface area contributed by atoms with Gasteiger partial charge in [0.2, 0.25) is 0 Å². The molecule has 0 fully saturated rings. The van der Waals surface area contributed by atoms with Crippen LogP contribution in [0.5, 0.6) is 0 Å². The van der Waals surface area contributed by atoms with Gasteiger partial charge in [-0.05, 0) is 30.1 Å². The Labute approximate surface area is 125 Å². The predicted molar refractivity (Wildman–Crippen MR) is 85.4 cm³/mol. The van der Waals surface area contributed by atoms with Gasteiger partial charge < -0.3 is 14.6 Å². The number of thioether (sulfide) groups is 2. The molecule has 0 aliphatic heterocycles. The number of terminal acetylenes is 1. The minimum atomic E-state index is -0.581. The number of allylic oxidation sites excluding steroid dienone is 1. The van der Waals surface area contributed by atoms with Crippen LogP contribution in [0.2, 0.25) is 0 Å². The summed E-state index contributed by atoms with van der Waals surface area (Å²) in [6.45, 7) is 4.39. The van der Waals surface area contributed by atoms with Gasteiger partial charge in [0, 0.05) is 7.11 Å². The molecule has 0 saturated carbocycles. The monoisotopic (exact) mass is 304 g/mol. The number of hydrogen-bond acceptors (Lipinski definition) is 5. The van der Waals surface area contributed by atoms with E-state index in [1.54, 1.807) is 19.3 Å². The fraction of sp³-hybridized carbons (Fsp3) is 0.714. The van der Waals surface area contributed by atoms with Crippen LogP contribution in [0.25, 0.3) is 0 Å². The summed E-state index contributed by atoms with van der Waals surface area (Å²) in [4.78, 5) is 0. The molecule has 3 nitrogen and oxygen atoms in total. The third-order valence-electron chi connectivity index (χ3n) is 2.28. The quantitative estimate of drug-likeness (QED) is 0.469. The van der Waals surface area contributed by atoms with E-state index in [0.717, 1.165) is 11.5 Å². The maximum absolute atomic E-state index is 10.3. The standard InChI is InChI=1S/C14H24O3S2/c1-5-8-9-13(17-11-16-4)12(15)10-14(18-6-2)19-7-3/h1,8-9,12-15H,6-7,10-11H2,2-4H3/b9-8-/t12-,13-/m0/s1. The molecular weight excluding hydrogens is 280 g/mol. The highest BCUT2D eigenvalue weighted by Crippen LogP contribution is 2.28. The van der Waals surface area contributed by atoms with Crippen molar-refractivity contribution < 1.29 is 14.6 Å². The highest BCUT2D eigenvalue weighted by molar-refractivity contribution is 8.16. The molecule has 0 aliphatic rings. The van der Waals surface area contributed by atoms with E-state index >= 15 is 0 Å². The first-order chi connectivity index (χ1) is 9.19. The maximum atomic E-state index is 10.3. The van der Waals surface area contributed by atoms with E-state index in [0.29, 0.717) is 11.0 Å². The predicted octanol–water partition coefficient (Wildman–Crippen LogP) is 2.75. The van der Waals surface area contributed by atoms with E-state index in [4.69, 9.17) is 15.9 Å². The molecule has 0 unspecified atom stereocenters. The van der Waals surface area contributed by atoms with Crippen LogP contribution in [0.1, 0.15) is 20.3 Å². The molecule has 19 heavy (non-hydrogen) atoms. The van der Waals surface area contributed by atoms with Crippen molar-refractivity contribution in [2.24, 2.45) is 0 Å². The van der Waals surface area contributed by atoms with Crippen molar-refractivity contribution in [3.63, 3.8) is 0 Å². The van der Waals surface area contributed by atoms with Crippen molar-refractivity contribution in [2.45, 2.75) is 37.1 Å². The van der Waals surface area contributed by atoms with E-state index in [1.807, 2.05) is 23.5 Å². The topological polar surface area (TPSA) is 38.7 Å². The molecule has 0 saturated heterocycles. The lowest BCUT2D eigenvalue weighted by Gasteiger charge is -2.24. The first-order valence-electron chi connectivity index (χ1n) is 6.34. The molecule has 0 radical (unpaired) electrons. The van der Waals surface area contributed by atoms with Crippen LogP contribution in [0, 0.1) is 12.3 Å². The molecule has 110 valence electrons. The summed E-state index contributed by atoms with van der Waals surface area (Å²) in [5.41, 5.74) is 0. The molecule has 0 aromatic carbocycles. The van der Waals surface area contributed by atoms with Gasteiger partial charge in [0.25, 0.3) is 0 Å². The van der Waals surface area contributed by atoms with Crippen molar-refractivity contribution in [1.29, 1.82) is 0 Å². The highest BCUT2D eigenvalue weighted by atomic mass is 32.2.